The van der Waals surface area contributed by atoms with Gasteiger partial charge < -0.3 is 5.32 Å². The Bertz CT molecular complexity index is 479. The van der Waals surface area contributed by atoms with Crippen LogP contribution in [0.3, 0.4) is 0 Å². The monoisotopic (exact) mass is 200 g/mol. The lowest BCUT2D eigenvalue weighted by Crippen LogP contribution is -2.20. The van der Waals surface area contributed by atoms with Crippen molar-refractivity contribution in [3.63, 3.8) is 0 Å². The molecule has 15 heavy (non-hydrogen) atoms. The highest BCUT2D eigenvalue weighted by molar-refractivity contribution is 5.62. The zero-order valence-corrected chi connectivity index (χ0v) is 8.35. The number of nitrogens with one attached hydrogen (secondary N) is 1. The molecule has 4 nitrogen and oxygen atoms in total. The average molecular weight is 200 g/mol. The van der Waals surface area contributed by atoms with Crippen molar-refractivity contribution in [2.75, 3.05) is 13.1 Å². The fraction of sp³-hybridized carbons (Fsp3) is 0.273. The van der Waals surface area contributed by atoms with Crippen LogP contribution in [0, 0.1) is 0 Å². The molecule has 0 radical (unpaired) electrons. The Morgan fingerprint density at radius 1 is 1.33 bits per heavy atom. The van der Waals surface area contributed by atoms with Crippen LogP contribution >= 0.6 is 0 Å². The van der Waals surface area contributed by atoms with E-state index in [1.165, 1.54) is 5.57 Å². The Labute approximate surface area is 87.6 Å². The molecule has 0 unspecified atom stereocenters. The van der Waals surface area contributed by atoms with Gasteiger partial charge in [0.15, 0.2) is 11.5 Å². The third-order valence-electron chi connectivity index (χ3n) is 2.59. The second kappa shape index (κ2) is 3.47. The molecule has 1 aliphatic heterocycles. The fourth-order valence-corrected chi connectivity index (χ4v) is 1.79. The van der Waals surface area contributed by atoms with Crippen molar-refractivity contribution in [3.05, 3.63) is 36.3 Å². The van der Waals surface area contributed by atoms with Crippen LogP contribution in [0.5, 0.6) is 0 Å². The lowest BCUT2D eigenvalue weighted by Gasteiger charge is -2.10. The minimum Gasteiger partial charge on any atom is -0.313 e. The lowest BCUT2D eigenvalue weighted by atomic mass is 10.1. The summed E-state index contributed by atoms with van der Waals surface area (Å²) >= 11 is 0. The summed E-state index contributed by atoms with van der Waals surface area (Å²) in [4.78, 5) is 4.49. The van der Waals surface area contributed by atoms with Crippen molar-refractivity contribution < 1.29 is 0 Å². The first-order chi connectivity index (χ1) is 7.43. The number of hydrogen-bond donors (Lipinski definition) is 1. The van der Waals surface area contributed by atoms with Gasteiger partial charge in [-0.2, -0.15) is 0 Å². The van der Waals surface area contributed by atoms with Gasteiger partial charge in [0.05, 0.1) is 0 Å². The summed E-state index contributed by atoms with van der Waals surface area (Å²) in [6, 6.07) is 5.91. The van der Waals surface area contributed by atoms with Crippen LogP contribution in [0.15, 0.2) is 30.5 Å². The summed E-state index contributed by atoms with van der Waals surface area (Å²) in [7, 11) is 0. The molecule has 0 bridgehead atoms. The third kappa shape index (κ3) is 1.53. The molecule has 0 fully saturated rings. The molecule has 0 amide bonds. The van der Waals surface area contributed by atoms with Crippen LogP contribution < -0.4 is 5.32 Å². The van der Waals surface area contributed by atoms with E-state index < -0.39 is 0 Å². The highest BCUT2D eigenvalue weighted by Gasteiger charge is 2.10. The quantitative estimate of drug-likeness (QED) is 0.749. The lowest BCUT2D eigenvalue weighted by molar-refractivity contribution is 0.734. The normalized spacial score (nSPS) is 16.7. The second-order valence-corrected chi connectivity index (χ2v) is 3.62. The van der Waals surface area contributed by atoms with E-state index in [9.17, 15) is 0 Å². The van der Waals surface area contributed by atoms with E-state index >= 15 is 0 Å². The molecule has 4 heteroatoms. The topological polar surface area (TPSA) is 42.2 Å². The Morgan fingerprint density at radius 3 is 3.13 bits per heavy atom. The minimum absolute atomic E-state index is 0.864. The summed E-state index contributed by atoms with van der Waals surface area (Å²) in [5, 5.41) is 7.73. The van der Waals surface area contributed by atoms with Crippen LogP contribution in [0.25, 0.3) is 11.2 Å². The largest absolute Gasteiger partial charge is 0.313 e. The van der Waals surface area contributed by atoms with Crippen molar-refractivity contribution in [1.29, 1.82) is 0 Å². The van der Waals surface area contributed by atoms with Crippen LogP contribution in [0.2, 0.25) is 0 Å². The molecule has 1 N–H and O–H groups in total. The maximum atomic E-state index is 4.49. The Hall–Kier alpha value is -1.68. The maximum Gasteiger partial charge on any atom is 0.177 e. The van der Waals surface area contributed by atoms with E-state index in [0.29, 0.717) is 0 Å². The van der Waals surface area contributed by atoms with Gasteiger partial charge in [-0.15, -0.1) is 5.10 Å². The molecule has 0 aliphatic carbocycles. The summed E-state index contributed by atoms with van der Waals surface area (Å²) < 4.78 is 1.82. The zero-order chi connectivity index (χ0) is 10.1. The molecule has 0 saturated carbocycles. The Morgan fingerprint density at radius 2 is 2.33 bits per heavy atom. The molecule has 2 aromatic heterocycles. The Balaban J connectivity index is 2.07. The summed E-state index contributed by atoms with van der Waals surface area (Å²) in [5.74, 6) is 0.864. The third-order valence-corrected chi connectivity index (χ3v) is 2.59. The standard InChI is InChI=1S/C11H12N4/c1-2-8-15-10(3-1)13-11(14-15)9-4-6-12-7-5-9/h1-4,8,12H,5-7H2. The first-order valence-corrected chi connectivity index (χ1v) is 5.15. The smallest absolute Gasteiger partial charge is 0.177 e. The molecule has 2 aromatic rings. The molecular formula is C11H12N4. The molecule has 0 saturated heterocycles. The van der Waals surface area contributed by atoms with Crippen molar-refractivity contribution in [3.8, 4) is 0 Å². The fourth-order valence-electron chi connectivity index (χ4n) is 1.79. The molecule has 0 atom stereocenters. The summed E-state index contributed by atoms with van der Waals surface area (Å²) in [6.07, 6.45) is 5.10. The van der Waals surface area contributed by atoms with Gasteiger partial charge in [-0.05, 0) is 30.7 Å². The van der Waals surface area contributed by atoms with Crippen molar-refractivity contribution in [2.45, 2.75) is 6.42 Å². The van der Waals surface area contributed by atoms with Gasteiger partial charge in [0.25, 0.3) is 0 Å². The van der Waals surface area contributed by atoms with E-state index in [4.69, 9.17) is 0 Å². The number of hydrogen-bond acceptors (Lipinski definition) is 3. The van der Waals surface area contributed by atoms with Crippen LogP contribution in [-0.4, -0.2) is 27.7 Å². The number of rotatable bonds is 1. The van der Waals surface area contributed by atoms with Crippen molar-refractivity contribution in [1.82, 2.24) is 19.9 Å². The first-order valence-electron chi connectivity index (χ1n) is 5.15. The van der Waals surface area contributed by atoms with Gasteiger partial charge in [0.1, 0.15) is 0 Å². The van der Waals surface area contributed by atoms with Crippen molar-refractivity contribution >= 4 is 11.2 Å². The number of aromatic nitrogens is 3. The molecule has 3 rings (SSSR count). The van der Waals surface area contributed by atoms with Crippen LogP contribution in [0.4, 0.5) is 0 Å². The molecular weight excluding hydrogens is 188 g/mol. The van der Waals surface area contributed by atoms with Gasteiger partial charge in [0.2, 0.25) is 0 Å². The second-order valence-electron chi connectivity index (χ2n) is 3.62. The van der Waals surface area contributed by atoms with Gasteiger partial charge in [0, 0.05) is 12.7 Å². The van der Waals surface area contributed by atoms with Gasteiger partial charge in [-0.1, -0.05) is 12.1 Å². The average Bonchev–Trinajstić information content (AvgIpc) is 2.74. The highest BCUT2D eigenvalue weighted by atomic mass is 15.3. The van der Waals surface area contributed by atoms with Gasteiger partial charge >= 0.3 is 0 Å². The SMILES string of the molecule is C1=C(c2nc3ccccn3n2)CCNC1. The maximum absolute atomic E-state index is 4.49. The first kappa shape index (κ1) is 8.61. The molecule has 3 heterocycles. The number of pyridine rings is 1. The molecule has 0 spiro atoms. The molecule has 1 aliphatic rings. The van der Waals surface area contributed by atoms with E-state index in [1.807, 2.05) is 28.9 Å². The van der Waals surface area contributed by atoms with Gasteiger partial charge in [-0.25, -0.2) is 9.50 Å². The van der Waals surface area contributed by atoms with E-state index in [2.05, 4.69) is 21.5 Å². The molecule has 0 aromatic carbocycles. The van der Waals surface area contributed by atoms with Crippen LogP contribution in [-0.2, 0) is 0 Å². The van der Waals surface area contributed by atoms with E-state index in [1.54, 1.807) is 0 Å². The predicted octanol–water partition coefficient (Wildman–Crippen LogP) is 1.11. The zero-order valence-electron chi connectivity index (χ0n) is 8.35. The Kier molecular flexibility index (Phi) is 1.99. The van der Waals surface area contributed by atoms with Gasteiger partial charge in [-0.3, -0.25) is 0 Å². The molecule has 76 valence electrons. The summed E-state index contributed by atoms with van der Waals surface area (Å²) in [6.45, 7) is 1.94. The number of fused-ring (bicyclic) bond motifs is 1. The minimum atomic E-state index is 0.864. The van der Waals surface area contributed by atoms with E-state index in [-0.39, 0.29) is 0 Å². The van der Waals surface area contributed by atoms with Crippen LogP contribution in [0.1, 0.15) is 12.2 Å². The highest BCUT2D eigenvalue weighted by Crippen LogP contribution is 2.16. The van der Waals surface area contributed by atoms with E-state index in [0.717, 1.165) is 31.0 Å². The predicted molar refractivity (Wildman–Crippen MR) is 58.5 cm³/mol. The summed E-state index contributed by atoms with van der Waals surface area (Å²) in [5.41, 5.74) is 2.16. The number of nitrogens with zero attached hydrogens (tertiary/aromatic N) is 3. The van der Waals surface area contributed by atoms with Crippen molar-refractivity contribution in [2.24, 2.45) is 0 Å².